The summed E-state index contributed by atoms with van der Waals surface area (Å²) in [6.45, 7) is 16.6. The molecular formula is C17H36N2. The first-order valence-corrected chi connectivity index (χ1v) is 8.49. The maximum Gasteiger partial charge on any atom is 0.0243 e. The number of nitrogens with one attached hydrogen (secondary N) is 1. The molecule has 114 valence electrons. The van der Waals surface area contributed by atoms with E-state index >= 15 is 0 Å². The van der Waals surface area contributed by atoms with Crippen molar-refractivity contribution in [2.75, 3.05) is 26.2 Å². The van der Waals surface area contributed by atoms with Crippen molar-refractivity contribution >= 4 is 0 Å². The molecule has 0 aromatic heterocycles. The third-order valence-electron chi connectivity index (χ3n) is 4.49. The number of piperidine rings is 1. The van der Waals surface area contributed by atoms with Gasteiger partial charge in [-0.3, -0.25) is 4.90 Å². The average molecular weight is 268 g/mol. The van der Waals surface area contributed by atoms with Crippen LogP contribution < -0.4 is 5.32 Å². The number of hydrogen-bond donors (Lipinski definition) is 1. The van der Waals surface area contributed by atoms with Crippen LogP contribution in [0.25, 0.3) is 0 Å². The third kappa shape index (κ3) is 6.27. The van der Waals surface area contributed by atoms with Gasteiger partial charge in [-0.15, -0.1) is 0 Å². The maximum absolute atomic E-state index is 3.66. The second-order valence-corrected chi connectivity index (χ2v) is 7.13. The van der Waals surface area contributed by atoms with E-state index in [1.54, 1.807) is 0 Å². The van der Waals surface area contributed by atoms with E-state index in [9.17, 15) is 0 Å². The Morgan fingerprint density at radius 1 is 1.05 bits per heavy atom. The van der Waals surface area contributed by atoms with E-state index in [1.165, 1.54) is 38.8 Å². The van der Waals surface area contributed by atoms with Crippen molar-refractivity contribution in [3.05, 3.63) is 0 Å². The predicted octanol–water partition coefficient (Wildman–Crippen LogP) is 3.77. The molecule has 0 aromatic rings. The van der Waals surface area contributed by atoms with Crippen molar-refractivity contribution in [2.24, 2.45) is 17.8 Å². The lowest BCUT2D eigenvalue weighted by molar-refractivity contribution is 0.0997. The van der Waals surface area contributed by atoms with Crippen LogP contribution in [0.2, 0.25) is 0 Å². The summed E-state index contributed by atoms with van der Waals surface area (Å²) in [5.41, 5.74) is 0. The Labute approximate surface area is 121 Å². The van der Waals surface area contributed by atoms with E-state index in [4.69, 9.17) is 0 Å². The zero-order chi connectivity index (χ0) is 14.3. The fraction of sp³-hybridized carbons (Fsp3) is 1.00. The first-order valence-electron chi connectivity index (χ1n) is 8.49. The van der Waals surface area contributed by atoms with Crippen LogP contribution in [0.1, 0.15) is 60.3 Å². The van der Waals surface area contributed by atoms with Gasteiger partial charge in [-0.25, -0.2) is 0 Å². The van der Waals surface area contributed by atoms with Gasteiger partial charge in [0.25, 0.3) is 0 Å². The lowest BCUT2D eigenvalue weighted by atomic mass is 9.90. The van der Waals surface area contributed by atoms with Gasteiger partial charge in [0.1, 0.15) is 0 Å². The van der Waals surface area contributed by atoms with Crippen LogP contribution in [0.3, 0.4) is 0 Å². The molecule has 2 heteroatoms. The minimum Gasteiger partial charge on any atom is -0.315 e. The number of rotatable bonds is 8. The number of hydrogen-bond acceptors (Lipinski definition) is 2. The van der Waals surface area contributed by atoms with E-state index < -0.39 is 0 Å². The Morgan fingerprint density at radius 2 is 1.68 bits per heavy atom. The maximum atomic E-state index is 3.66. The zero-order valence-electron chi connectivity index (χ0n) is 13.9. The molecule has 1 aliphatic rings. The molecule has 0 spiro atoms. The van der Waals surface area contributed by atoms with Gasteiger partial charge in [0.05, 0.1) is 0 Å². The van der Waals surface area contributed by atoms with Crippen LogP contribution in [0.4, 0.5) is 0 Å². The van der Waals surface area contributed by atoms with E-state index in [0.29, 0.717) is 0 Å². The van der Waals surface area contributed by atoms with Gasteiger partial charge < -0.3 is 5.32 Å². The highest BCUT2D eigenvalue weighted by Gasteiger charge is 2.26. The Bertz CT molecular complexity index is 217. The summed E-state index contributed by atoms with van der Waals surface area (Å²) in [6.07, 6.45) is 5.63. The van der Waals surface area contributed by atoms with Gasteiger partial charge in [0.15, 0.2) is 0 Å². The molecule has 0 radical (unpaired) electrons. The molecule has 0 aliphatic carbocycles. The highest BCUT2D eigenvalue weighted by Crippen LogP contribution is 2.24. The third-order valence-corrected chi connectivity index (χ3v) is 4.49. The topological polar surface area (TPSA) is 15.3 Å². The summed E-state index contributed by atoms with van der Waals surface area (Å²) in [4.78, 5) is 2.74. The van der Waals surface area contributed by atoms with Gasteiger partial charge in [-0.1, -0.05) is 47.5 Å². The fourth-order valence-corrected chi connectivity index (χ4v) is 3.29. The van der Waals surface area contributed by atoms with Gasteiger partial charge in [-0.2, -0.15) is 0 Å². The SMILES string of the molecule is CCCC1CCN(C(CNCC(C)C)C(C)C)CC1. The highest BCUT2D eigenvalue weighted by atomic mass is 15.2. The van der Waals surface area contributed by atoms with E-state index in [2.05, 4.69) is 44.8 Å². The van der Waals surface area contributed by atoms with Gasteiger partial charge in [-0.05, 0) is 50.2 Å². The molecule has 1 rings (SSSR count). The normalized spacial score (nSPS) is 20.4. The summed E-state index contributed by atoms with van der Waals surface area (Å²) in [5.74, 6) is 2.50. The van der Waals surface area contributed by atoms with E-state index in [0.717, 1.165) is 36.9 Å². The molecule has 2 nitrogen and oxygen atoms in total. The van der Waals surface area contributed by atoms with Crippen molar-refractivity contribution in [3.8, 4) is 0 Å². The van der Waals surface area contributed by atoms with E-state index in [1.807, 2.05) is 0 Å². The van der Waals surface area contributed by atoms with Crippen LogP contribution in [-0.2, 0) is 0 Å². The van der Waals surface area contributed by atoms with Crippen LogP contribution in [0, 0.1) is 17.8 Å². The molecule has 1 unspecified atom stereocenters. The Morgan fingerprint density at radius 3 is 2.16 bits per heavy atom. The smallest absolute Gasteiger partial charge is 0.0243 e. The van der Waals surface area contributed by atoms with Crippen molar-refractivity contribution in [1.29, 1.82) is 0 Å². The first kappa shape index (κ1) is 17.0. The summed E-state index contributed by atoms with van der Waals surface area (Å²) in [5, 5.41) is 3.66. The van der Waals surface area contributed by atoms with Crippen LogP contribution in [0.15, 0.2) is 0 Å². The Balaban J connectivity index is 2.36. The largest absolute Gasteiger partial charge is 0.315 e. The monoisotopic (exact) mass is 268 g/mol. The van der Waals surface area contributed by atoms with Gasteiger partial charge in [0, 0.05) is 12.6 Å². The van der Waals surface area contributed by atoms with Crippen molar-refractivity contribution in [2.45, 2.75) is 66.3 Å². The zero-order valence-corrected chi connectivity index (χ0v) is 13.9. The summed E-state index contributed by atoms with van der Waals surface area (Å²) < 4.78 is 0. The standard InChI is InChI=1S/C17H36N2/c1-6-7-16-8-10-19(11-9-16)17(15(4)5)13-18-12-14(2)3/h14-18H,6-13H2,1-5H3. The van der Waals surface area contributed by atoms with Gasteiger partial charge in [0.2, 0.25) is 0 Å². The van der Waals surface area contributed by atoms with Crippen molar-refractivity contribution in [3.63, 3.8) is 0 Å². The Kier molecular flexibility index (Phi) is 8.01. The van der Waals surface area contributed by atoms with Gasteiger partial charge >= 0.3 is 0 Å². The second kappa shape index (κ2) is 8.97. The second-order valence-electron chi connectivity index (χ2n) is 7.13. The first-order chi connectivity index (χ1) is 9.04. The van der Waals surface area contributed by atoms with Crippen LogP contribution in [-0.4, -0.2) is 37.1 Å². The highest BCUT2D eigenvalue weighted by molar-refractivity contribution is 4.82. The molecule has 1 fully saturated rings. The van der Waals surface area contributed by atoms with Crippen molar-refractivity contribution in [1.82, 2.24) is 10.2 Å². The molecule has 0 amide bonds. The summed E-state index contributed by atoms with van der Waals surface area (Å²) in [7, 11) is 0. The molecule has 0 aromatic carbocycles. The minimum atomic E-state index is 0.723. The van der Waals surface area contributed by atoms with E-state index in [-0.39, 0.29) is 0 Å². The van der Waals surface area contributed by atoms with Crippen LogP contribution in [0.5, 0.6) is 0 Å². The fourth-order valence-electron chi connectivity index (χ4n) is 3.29. The minimum absolute atomic E-state index is 0.723. The summed E-state index contributed by atoms with van der Waals surface area (Å²) in [6, 6.07) is 0.723. The number of nitrogens with zero attached hydrogens (tertiary/aromatic N) is 1. The quantitative estimate of drug-likeness (QED) is 0.721. The molecule has 0 saturated carbocycles. The molecule has 1 heterocycles. The molecule has 1 N–H and O–H groups in total. The molecule has 1 saturated heterocycles. The predicted molar refractivity (Wildman–Crippen MR) is 85.5 cm³/mol. The Hall–Kier alpha value is -0.0800. The molecule has 19 heavy (non-hydrogen) atoms. The molecule has 1 atom stereocenters. The van der Waals surface area contributed by atoms with Crippen LogP contribution >= 0.6 is 0 Å². The lowest BCUT2D eigenvalue weighted by Crippen LogP contribution is -2.49. The molecule has 0 bridgehead atoms. The van der Waals surface area contributed by atoms with Crippen molar-refractivity contribution < 1.29 is 0 Å². The molecular weight excluding hydrogens is 232 g/mol. The number of likely N-dealkylation sites (tertiary alicyclic amines) is 1. The average Bonchev–Trinajstić information content (AvgIpc) is 2.35. The summed E-state index contributed by atoms with van der Waals surface area (Å²) >= 11 is 0. The molecule has 1 aliphatic heterocycles. The lowest BCUT2D eigenvalue weighted by Gasteiger charge is -2.39.